The first kappa shape index (κ1) is 19.6. The predicted octanol–water partition coefficient (Wildman–Crippen LogP) is 3.35. The molecule has 4 rings (SSSR count). The lowest BCUT2D eigenvalue weighted by Gasteiger charge is -2.08. The number of nitrogens with two attached hydrogens (primary N) is 1. The maximum atomic E-state index is 14.4. The highest BCUT2D eigenvalue weighted by molar-refractivity contribution is 7.12. The lowest BCUT2D eigenvalue weighted by Crippen LogP contribution is -2.13. The van der Waals surface area contributed by atoms with E-state index in [0.717, 1.165) is 11.3 Å². The van der Waals surface area contributed by atoms with Gasteiger partial charge >= 0.3 is 5.97 Å². The van der Waals surface area contributed by atoms with Crippen molar-refractivity contribution in [3.05, 3.63) is 79.8 Å². The fraction of sp³-hybridized carbons (Fsp3) is 0.0952. The molecule has 4 aromatic rings. The standard InChI is InChI=1S/C21H16FN3O4S/c1-10-5-13-15(7-14(10)22)25(8-11-6-16(19(23)26)30-9-11)18(21(28)29)17(13)12-3-2-4-24-20(12)27/h2-7,9H,8H2,1H3,(H2,23,26)(H,24,27)(H,28,29). The number of hydrogen-bond donors (Lipinski definition) is 3. The molecule has 0 saturated carbocycles. The molecule has 9 heteroatoms. The van der Waals surface area contributed by atoms with Gasteiger partial charge < -0.3 is 20.4 Å². The number of carbonyl (C=O) groups is 2. The van der Waals surface area contributed by atoms with Gasteiger partial charge in [-0.2, -0.15) is 0 Å². The molecule has 0 spiro atoms. The van der Waals surface area contributed by atoms with E-state index in [2.05, 4.69) is 4.98 Å². The molecule has 3 aromatic heterocycles. The summed E-state index contributed by atoms with van der Waals surface area (Å²) in [5.41, 5.74) is 6.41. The normalized spacial score (nSPS) is 11.1. The maximum Gasteiger partial charge on any atom is 0.353 e. The Morgan fingerprint density at radius 3 is 2.70 bits per heavy atom. The number of primary amides is 1. The molecule has 0 bridgehead atoms. The summed E-state index contributed by atoms with van der Waals surface area (Å²) in [5, 5.41) is 12.2. The van der Waals surface area contributed by atoms with E-state index in [1.54, 1.807) is 24.4 Å². The molecule has 0 aliphatic heterocycles. The second-order valence-electron chi connectivity index (χ2n) is 6.83. The van der Waals surface area contributed by atoms with Gasteiger partial charge in [0.1, 0.15) is 11.5 Å². The zero-order valence-corrected chi connectivity index (χ0v) is 16.5. The molecule has 0 unspecified atom stereocenters. The summed E-state index contributed by atoms with van der Waals surface area (Å²) < 4.78 is 15.9. The second kappa shape index (κ2) is 7.27. The molecule has 7 nitrogen and oxygen atoms in total. The van der Waals surface area contributed by atoms with Crippen LogP contribution in [0, 0.1) is 12.7 Å². The predicted molar refractivity (Wildman–Crippen MR) is 112 cm³/mol. The van der Waals surface area contributed by atoms with Crippen LogP contribution in [-0.2, 0) is 6.54 Å². The summed E-state index contributed by atoms with van der Waals surface area (Å²) in [4.78, 5) is 39.0. The van der Waals surface area contributed by atoms with Gasteiger partial charge in [0.25, 0.3) is 11.5 Å². The highest BCUT2D eigenvalue weighted by Gasteiger charge is 2.26. The van der Waals surface area contributed by atoms with E-state index < -0.39 is 23.3 Å². The van der Waals surface area contributed by atoms with E-state index in [1.807, 2.05) is 0 Å². The van der Waals surface area contributed by atoms with Crippen LogP contribution in [0.25, 0.3) is 22.0 Å². The van der Waals surface area contributed by atoms with Crippen LogP contribution in [0.1, 0.15) is 31.3 Å². The molecule has 0 radical (unpaired) electrons. The number of amides is 1. The molecule has 152 valence electrons. The third kappa shape index (κ3) is 3.18. The summed E-state index contributed by atoms with van der Waals surface area (Å²) in [6.45, 7) is 1.64. The lowest BCUT2D eigenvalue weighted by atomic mass is 10.0. The number of nitrogens with one attached hydrogen (secondary N) is 1. The zero-order valence-electron chi connectivity index (χ0n) is 15.7. The van der Waals surface area contributed by atoms with E-state index in [0.29, 0.717) is 26.9 Å². The van der Waals surface area contributed by atoms with Crippen LogP contribution < -0.4 is 11.3 Å². The van der Waals surface area contributed by atoms with Gasteiger partial charge in [-0.05, 0) is 53.8 Å². The molecule has 4 N–H and O–H groups in total. The Hall–Kier alpha value is -3.72. The smallest absolute Gasteiger partial charge is 0.353 e. The highest BCUT2D eigenvalue weighted by atomic mass is 32.1. The van der Waals surface area contributed by atoms with Gasteiger partial charge in [-0.15, -0.1) is 11.3 Å². The third-order valence-electron chi connectivity index (χ3n) is 4.87. The van der Waals surface area contributed by atoms with Crippen molar-refractivity contribution in [2.45, 2.75) is 13.5 Å². The number of aryl methyl sites for hydroxylation is 1. The molecule has 1 aromatic carbocycles. The molecule has 0 aliphatic carbocycles. The Morgan fingerprint density at radius 1 is 1.30 bits per heavy atom. The van der Waals surface area contributed by atoms with Crippen LogP contribution in [0.3, 0.4) is 0 Å². The van der Waals surface area contributed by atoms with Crippen molar-refractivity contribution in [3.8, 4) is 11.1 Å². The van der Waals surface area contributed by atoms with Crippen LogP contribution in [0.5, 0.6) is 0 Å². The summed E-state index contributed by atoms with van der Waals surface area (Å²) in [7, 11) is 0. The summed E-state index contributed by atoms with van der Waals surface area (Å²) in [6, 6.07) is 7.50. The minimum atomic E-state index is -1.26. The lowest BCUT2D eigenvalue weighted by molar-refractivity contribution is 0.0687. The number of carboxylic acid groups (broad SMARTS) is 1. The molecule has 0 atom stereocenters. The number of carboxylic acids is 1. The van der Waals surface area contributed by atoms with Crippen molar-refractivity contribution in [3.63, 3.8) is 0 Å². The van der Waals surface area contributed by atoms with E-state index in [4.69, 9.17) is 5.73 Å². The largest absolute Gasteiger partial charge is 0.477 e. The van der Waals surface area contributed by atoms with Crippen molar-refractivity contribution >= 4 is 34.1 Å². The van der Waals surface area contributed by atoms with Crippen LogP contribution >= 0.6 is 11.3 Å². The quantitative estimate of drug-likeness (QED) is 0.454. The van der Waals surface area contributed by atoms with E-state index in [-0.39, 0.29) is 23.4 Å². The fourth-order valence-electron chi connectivity index (χ4n) is 3.53. The molecule has 3 heterocycles. The number of thiophene rings is 1. The molecule has 30 heavy (non-hydrogen) atoms. The van der Waals surface area contributed by atoms with Crippen molar-refractivity contribution < 1.29 is 19.1 Å². The average Bonchev–Trinajstić information content (AvgIpc) is 3.27. The van der Waals surface area contributed by atoms with Gasteiger partial charge in [0.2, 0.25) is 0 Å². The summed E-state index contributed by atoms with van der Waals surface area (Å²) in [5.74, 6) is -2.33. The SMILES string of the molecule is Cc1cc2c(-c3ccc[nH]c3=O)c(C(=O)O)n(Cc3csc(C(N)=O)c3)c2cc1F. The number of carbonyl (C=O) groups excluding carboxylic acids is 1. The maximum absolute atomic E-state index is 14.4. The first-order chi connectivity index (χ1) is 14.3. The number of hydrogen-bond acceptors (Lipinski definition) is 4. The van der Waals surface area contributed by atoms with Gasteiger partial charge in [0, 0.05) is 29.3 Å². The number of aromatic carboxylic acids is 1. The van der Waals surface area contributed by atoms with Crippen LogP contribution in [0.4, 0.5) is 4.39 Å². The number of nitrogens with zero attached hydrogens (tertiary/aromatic N) is 1. The Labute approximate surface area is 173 Å². The Bertz CT molecular complexity index is 1380. The number of halogens is 1. The van der Waals surface area contributed by atoms with Crippen LogP contribution in [-0.4, -0.2) is 26.5 Å². The van der Waals surface area contributed by atoms with E-state index in [1.165, 1.54) is 29.0 Å². The van der Waals surface area contributed by atoms with Gasteiger partial charge in [-0.25, -0.2) is 9.18 Å². The van der Waals surface area contributed by atoms with Crippen molar-refractivity contribution in [1.29, 1.82) is 0 Å². The Kier molecular flexibility index (Phi) is 4.75. The first-order valence-electron chi connectivity index (χ1n) is 8.89. The number of H-pyrrole nitrogens is 1. The van der Waals surface area contributed by atoms with Gasteiger partial charge in [0.15, 0.2) is 0 Å². The van der Waals surface area contributed by atoms with Crippen molar-refractivity contribution in [2.24, 2.45) is 5.73 Å². The number of pyridine rings is 1. The molecule has 0 saturated heterocycles. The van der Waals surface area contributed by atoms with E-state index >= 15 is 0 Å². The molecule has 1 amide bonds. The minimum Gasteiger partial charge on any atom is -0.477 e. The van der Waals surface area contributed by atoms with Crippen LogP contribution in [0.2, 0.25) is 0 Å². The fourth-order valence-corrected chi connectivity index (χ4v) is 4.28. The van der Waals surface area contributed by atoms with Gasteiger partial charge in [-0.3, -0.25) is 9.59 Å². The van der Waals surface area contributed by atoms with E-state index in [9.17, 15) is 23.9 Å². The highest BCUT2D eigenvalue weighted by Crippen LogP contribution is 2.36. The van der Waals surface area contributed by atoms with Crippen LogP contribution in [0.15, 0.2) is 46.7 Å². The first-order valence-corrected chi connectivity index (χ1v) is 9.76. The number of aromatic amines is 1. The monoisotopic (exact) mass is 425 g/mol. The number of fused-ring (bicyclic) bond motifs is 1. The van der Waals surface area contributed by atoms with Gasteiger partial charge in [-0.1, -0.05) is 0 Å². The van der Waals surface area contributed by atoms with Crippen molar-refractivity contribution in [2.75, 3.05) is 0 Å². The molecular weight excluding hydrogens is 409 g/mol. The number of benzene rings is 1. The zero-order chi connectivity index (χ0) is 21.6. The van der Waals surface area contributed by atoms with Crippen molar-refractivity contribution in [1.82, 2.24) is 9.55 Å². The second-order valence-corrected chi connectivity index (χ2v) is 7.74. The molecular formula is C21H16FN3O4S. The topological polar surface area (TPSA) is 118 Å². The minimum absolute atomic E-state index is 0.0646. The number of rotatable bonds is 5. The molecule has 0 aliphatic rings. The summed E-state index contributed by atoms with van der Waals surface area (Å²) in [6.07, 6.45) is 1.45. The average molecular weight is 425 g/mol. The third-order valence-corrected chi connectivity index (χ3v) is 5.86. The number of aromatic nitrogens is 2. The van der Waals surface area contributed by atoms with Gasteiger partial charge in [0.05, 0.1) is 10.4 Å². The summed E-state index contributed by atoms with van der Waals surface area (Å²) >= 11 is 1.14. The Balaban J connectivity index is 2.06. The molecule has 0 fully saturated rings. The Morgan fingerprint density at radius 2 is 2.07 bits per heavy atom.